The van der Waals surface area contributed by atoms with Crippen LogP contribution in [0.5, 0.6) is 5.75 Å². The van der Waals surface area contributed by atoms with Crippen molar-refractivity contribution in [2.24, 2.45) is 0 Å². The number of esters is 1. The van der Waals surface area contributed by atoms with Crippen LogP contribution in [0.1, 0.15) is 33.6 Å². The van der Waals surface area contributed by atoms with Crippen molar-refractivity contribution >= 4 is 22.8 Å². The molecule has 0 fully saturated rings. The highest BCUT2D eigenvalue weighted by Crippen LogP contribution is 2.29. The number of hydrogen-bond acceptors (Lipinski definition) is 4. The van der Waals surface area contributed by atoms with Gasteiger partial charge in [0.2, 0.25) is 5.91 Å². The number of nitrogens with one attached hydrogen (secondary N) is 1. The lowest BCUT2D eigenvalue weighted by atomic mass is 10.0. The first-order valence-corrected chi connectivity index (χ1v) is 9.71. The van der Waals surface area contributed by atoms with Gasteiger partial charge in [-0.2, -0.15) is 0 Å². The van der Waals surface area contributed by atoms with Crippen LogP contribution in [-0.2, 0) is 28.9 Å². The lowest BCUT2D eigenvalue weighted by Crippen LogP contribution is -2.35. The van der Waals surface area contributed by atoms with E-state index in [1.54, 1.807) is 13.2 Å². The second kappa shape index (κ2) is 7.99. The summed E-state index contributed by atoms with van der Waals surface area (Å²) in [5, 5.41) is 0.982. The first kappa shape index (κ1) is 19.1. The predicted molar refractivity (Wildman–Crippen MR) is 110 cm³/mol. The minimum absolute atomic E-state index is 0.143. The maximum absolute atomic E-state index is 12.8. The summed E-state index contributed by atoms with van der Waals surface area (Å²) in [6, 6.07) is 13.3. The summed E-state index contributed by atoms with van der Waals surface area (Å²) in [5.41, 5.74) is 4.85. The van der Waals surface area contributed by atoms with E-state index in [-0.39, 0.29) is 11.9 Å². The van der Waals surface area contributed by atoms with E-state index in [1.807, 2.05) is 41.3 Å². The lowest BCUT2D eigenvalue weighted by molar-refractivity contribution is -0.132. The highest BCUT2D eigenvalue weighted by Gasteiger charge is 2.24. The first-order chi connectivity index (χ1) is 14.1. The predicted octanol–water partition coefficient (Wildman–Crippen LogP) is 3.48. The number of H-pyrrole nitrogens is 1. The number of nitrogens with zero attached hydrogens (tertiary/aromatic N) is 1. The quantitative estimate of drug-likeness (QED) is 0.675. The highest BCUT2D eigenvalue weighted by molar-refractivity contribution is 5.96. The van der Waals surface area contributed by atoms with E-state index in [2.05, 4.69) is 4.98 Å². The van der Waals surface area contributed by atoms with Gasteiger partial charge in [0.05, 0.1) is 19.8 Å². The highest BCUT2D eigenvalue weighted by atomic mass is 16.5. The van der Waals surface area contributed by atoms with Crippen LogP contribution in [0.2, 0.25) is 0 Å². The Morgan fingerprint density at radius 2 is 1.90 bits per heavy atom. The van der Waals surface area contributed by atoms with Gasteiger partial charge in [0, 0.05) is 48.1 Å². The molecule has 0 unspecified atom stereocenters. The zero-order valence-electron chi connectivity index (χ0n) is 16.7. The topological polar surface area (TPSA) is 71.6 Å². The standard InChI is InChI=1S/C23H24N2O4/c1-28-17-7-3-15(4-8-17)5-10-22(26)25-12-11-21-19(14-25)18-13-16(23(27)29-2)6-9-20(18)24-21/h3-4,6-9,13,24H,5,10-12,14H2,1-2H3. The van der Waals surface area contributed by atoms with E-state index < -0.39 is 0 Å². The van der Waals surface area contributed by atoms with Gasteiger partial charge in [-0.3, -0.25) is 4.79 Å². The Morgan fingerprint density at radius 3 is 2.62 bits per heavy atom. The Kier molecular flexibility index (Phi) is 5.25. The van der Waals surface area contributed by atoms with Crippen molar-refractivity contribution in [1.29, 1.82) is 0 Å². The summed E-state index contributed by atoms with van der Waals surface area (Å²) in [6.07, 6.45) is 1.95. The maximum Gasteiger partial charge on any atom is 0.337 e. The summed E-state index contributed by atoms with van der Waals surface area (Å²) in [4.78, 5) is 30.0. The third-order valence-corrected chi connectivity index (χ3v) is 5.54. The molecule has 1 amide bonds. The van der Waals surface area contributed by atoms with Gasteiger partial charge in [0.1, 0.15) is 5.75 Å². The largest absolute Gasteiger partial charge is 0.497 e. The van der Waals surface area contributed by atoms with E-state index in [0.717, 1.165) is 39.9 Å². The molecular weight excluding hydrogens is 368 g/mol. The first-order valence-electron chi connectivity index (χ1n) is 9.71. The third-order valence-electron chi connectivity index (χ3n) is 5.54. The molecule has 2 heterocycles. The molecule has 4 rings (SSSR count). The number of rotatable bonds is 5. The molecule has 0 saturated heterocycles. The average molecular weight is 392 g/mol. The molecule has 6 nitrogen and oxygen atoms in total. The zero-order chi connectivity index (χ0) is 20.4. The Balaban J connectivity index is 1.48. The number of carbonyl (C=O) groups is 2. The number of ether oxygens (including phenoxy) is 2. The van der Waals surface area contributed by atoms with E-state index >= 15 is 0 Å². The molecule has 2 aromatic carbocycles. The molecule has 0 aliphatic carbocycles. The summed E-state index contributed by atoms with van der Waals surface area (Å²) in [5.74, 6) is 0.601. The van der Waals surface area contributed by atoms with Gasteiger partial charge in [-0.05, 0) is 42.3 Å². The van der Waals surface area contributed by atoms with Crippen molar-refractivity contribution in [3.05, 3.63) is 64.8 Å². The molecule has 29 heavy (non-hydrogen) atoms. The molecule has 0 atom stereocenters. The van der Waals surface area contributed by atoms with Crippen LogP contribution in [0.15, 0.2) is 42.5 Å². The Morgan fingerprint density at radius 1 is 1.10 bits per heavy atom. The molecule has 0 radical (unpaired) electrons. The second-order valence-corrected chi connectivity index (χ2v) is 7.25. The van der Waals surface area contributed by atoms with Crippen molar-refractivity contribution in [2.45, 2.75) is 25.8 Å². The molecular formula is C23H24N2O4. The van der Waals surface area contributed by atoms with Crippen molar-refractivity contribution in [1.82, 2.24) is 9.88 Å². The number of methoxy groups -OCH3 is 2. The Labute approximate surface area is 169 Å². The van der Waals surface area contributed by atoms with Crippen molar-refractivity contribution in [3.63, 3.8) is 0 Å². The van der Waals surface area contributed by atoms with Crippen molar-refractivity contribution < 1.29 is 19.1 Å². The maximum atomic E-state index is 12.8. The van der Waals surface area contributed by atoms with E-state index in [0.29, 0.717) is 31.5 Å². The van der Waals surface area contributed by atoms with Gasteiger partial charge in [0.25, 0.3) is 0 Å². The fraction of sp³-hybridized carbons (Fsp3) is 0.304. The molecule has 1 aliphatic heterocycles. The zero-order valence-corrected chi connectivity index (χ0v) is 16.7. The third kappa shape index (κ3) is 3.83. The normalized spacial score (nSPS) is 13.2. The molecule has 1 aliphatic rings. The van der Waals surface area contributed by atoms with Crippen LogP contribution in [0.3, 0.4) is 0 Å². The van der Waals surface area contributed by atoms with Crippen molar-refractivity contribution in [2.75, 3.05) is 20.8 Å². The van der Waals surface area contributed by atoms with Crippen LogP contribution in [0, 0.1) is 0 Å². The van der Waals surface area contributed by atoms with Gasteiger partial charge in [-0.25, -0.2) is 4.79 Å². The summed E-state index contributed by atoms with van der Waals surface area (Å²) < 4.78 is 10.0. The number of benzene rings is 2. The number of amides is 1. The molecule has 6 heteroatoms. The molecule has 150 valence electrons. The molecule has 1 aromatic heterocycles. The minimum atomic E-state index is -0.356. The Hall–Kier alpha value is -3.28. The molecule has 0 saturated carbocycles. The molecule has 1 N–H and O–H groups in total. The van der Waals surface area contributed by atoms with Gasteiger partial charge < -0.3 is 19.4 Å². The van der Waals surface area contributed by atoms with Gasteiger partial charge >= 0.3 is 5.97 Å². The SMILES string of the molecule is COC(=O)c1ccc2[nH]c3c(c2c1)CN(C(=O)CCc1ccc(OC)cc1)CC3. The average Bonchev–Trinajstić information content (AvgIpc) is 3.14. The molecule has 0 bridgehead atoms. The summed E-state index contributed by atoms with van der Waals surface area (Å²) in [6.45, 7) is 1.26. The summed E-state index contributed by atoms with van der Waals surface area (Å²) in [7, 11) is 3.02. The molecule has 3 aromatic rings. The van der Waals surface area contributed by atoms with Crippen LogP contribution in [0.4, 0.5) is 0 Å². The van der Waals surface area contributed by atoms with Crippen LogP contribution in [-0.4, -0.2) is 42.5 Å². The van der Waals surface area contributed by atoms with E-state index in [9.17, 15) is 9.59 Å². The van der Waals surface area contributed by atoms with Crippen LogP contribution >= 0.6 is 0 Å². The number of hydrogen-bond donors (Lipinski definition) is 1. The van der Waals surface area contributed by atoms with Crippen LogP contribution < -0.4 is 4.74 Å². The number of carbonyl (C=O) groups excluding carboxylic acids is 2. The van der Waals surface area contributed by atoms with Gasteiger partial charge in [-0.15, -0.1) is 0 Å². The monoisotopic (exact) mass is 392 g/mol. The van der Waals surface area contributed by atoms with E-state index in [1.165, 1.54) is 7.11 Å². The minimum Gasteiger partial charge on any atom is -0.497 e. The number of aromatic nitrogens is 1. The van der Waals surface area contributed by atoms with E-state index in [4.69, 9.17) is 9.47 Å². The number of aryl methyl sites for hydroxylation is 1. The van der Waals surface area contributed by atoms with Gasteiger partial charge in [0.15, 0.2) is 0 Å². The number of aromatic amines is 1. The fourth-order valence-corrected chi connectivity index (χ4v) is 3.87. The lowest BCUT2D eigenvalue weighted by Gasteiger charge is -2.27. The second-order valence-electron chi connectivity index (χ2n) is 7.25. The summed E-state index contributed by atoms with van der Waals surface area (Å²) >= 11 is 0. The molecule has 0 spiro atoms. The van der Waals surface area contributed by atoms with Gasteiger partial charge in [-0.1, -0.05) is 12.1 Å². The van der Waals surface area contributed by atoms with Crippen molar-refractivity contribution in [3.8, 4) is 5.75 Å². The fourth-order valence-electron chi connectivity index (χ4n) is 3.87. The Bertz CT molecular complexity index is 1050. The van der Waals surface area contributed by atoms with Crippen LogP contribution in [0.25, 0.3) is 10.9 Å². The smallest absolute Gasteiger partial charge is 0.337 e. The number of fused-ring (bicyclic) bond motifs is 3.